The minimum Gasteiger partial charge on any atom is -0.492 e. The zero-order chi connectivity index (χ0) is 16.1. The topological polar surface area (TPSA) is 58.6 Å². The minimum absolute atomic E-state index is 0.193. The average molecular weight is 334 g/mol. The smallest absolute Gasteiger partial charge is 0.286 e. The first-order valence-electron chi connectivity index (χ1n) is 8.16. The summed E-state index contributed by atoms with van der Waals surface area (Å²) >= 11 is 1.07. The summed E-state index contributed by atoms with van der Waals surface area (Å²) in [7, 11) is 0. The van der Waals surface area contributed by atoms with E-state index in [0.717, 1.165) is 29.6 Å². The number of amides is 2. The normalized spacial score (nSPS) is 22.2. The van der Waals surface area contributed by atoms with Gasteiger partial charge in [0.25, 0.3) is 5.24 Å². The van der Waals surface area contributed by atoms with E-state index in [4.69, 9.17) is 4.74 Å². The molecule has 0 aliphatic carbocycles. The van der Waals surface area contributed by atoms with E-state index in [2.05, 4.69) is 10.2 Å². The van der Waals surface area contributed by atoms with Gasteiger partial charge in [0.05, 0.1) is 5.25 Å². The number of benzene rings is 1. The molecule has 0 aromatic heterocycles. The van der Waals surface area contributed by atoms with E-state index in [1.807, 2.05) is 24.3 Å². The predicted octanol–water partition coefficient (Wildman–Crippen LogP) is 2.45. The van der Waals surface area contributed by atoms with Crippen molar-refractivity contribution in [2.45, 2.75) is 30.9 Å². The largest absolute Gasteiger partial charge is 0.492 e. The lowest BCUT2D eigenvalue weighted by molar-refractivity contribution is -0.118. The highest BCUT2D eigenvalue weighted by Gasteiger charge is 2.31. The van der Waals surface area contributed by atoms with Crippen LogP contribution in [0.1, 0.15) is 24.8 Å². The summed E-state index contributed by atoms with van der Waals surface area (Å²) in [5.41, 5.74) is 1.04. The van der Waals surface area contributed by atoms with Gasteiger partial charge in [-0.1, -0.05) is 30.3 Å². The molecule has 124 valence electrons. The van der Waals surface area contributed by atoms with Crippen LogP contribution in [0.4, 0.5) is 4.79 Å². The number of carbonyl (C=O) groups excluding carboxylic acids is 2. The van der Waals surface area contributed by atoms with Crippen LogP contribution in [0.5, 0.6) is 5.75 Å². The van der Waals surface area contributed by atoms with Gasteiger partial charge in [0.1, 0.15) is 12.4 Å². The molecular weight excluding hydrogens is 312 g/mol. The van der Waals surface area contributed by atoms with Gasteiger partial charge in [-0.3, -0.25) is 19.8 Å². The van der Waals surface area contributed by atoms with Crippen LogP contribution in [0, 0.1) is 0 Å². The molecular formula is C17H22N2O3S. The summed E-state index contributed by atoms with van der Waals surface area (Å²) in [4.78, 5) is 25.2. The molecule has 2 saturated heterocycles. The van der Waals surface area contributed by atoms with E-state index in [9.17, 15) is 9.59 Å². The first-order valence-corrected chi connectivity index (χ1v) is 9.04. The third-order valence-electron chi connectivity index (χ3n) is 4.24. The number of nitrogens with zero attached hydrogens (tertiary/aromatic N) is 1. The Morgan fingerprint density at radius 3 is 2.52 bits per heavy atom. The first-order chi connectivity index (χ1) is 11.2. The lowest BCUT2D eigenvalue weighted by Gasteiger charge is -2.26. The molecule has 0 radical (unpaired) electrons. The van der Waals surface area contributed by atoms with Crippen molar-refractivity contribution in [2.75, 3.05) is 26.2 Å². The summed E-state index contributed by atoms with van der Waals surface area (Å²) in [6, 6.07) is 7.80. The van der Waals surface area contributed by atoms with Crippen LogP contribution < -0.4 is 10.1 Å². The number of nitrogens with one attached hydrogen (secondary N) is 1. The molecule has 6 heteroatoms. The molecule has 3 rings (SSSR count). The minimum atomic E-state index is -0.312. The summed E-state index contributed by atoms with van der Waals surface area (Å²) in [5.74, 6) is 0.659. The van der Waals surface area contributed by atoms with Crippen LogP contribution in [0.3, 0.4) is 0 Å². The van der Waals surface area contributed by atoms with Crippen molar-refractivity contribution in [2.24, 2.45) is 0 Å². The Hall–Kier alpha value is -1.53. The summed E-state index contributed by atoms with van der Waals surface area (Å²) in [6.07, 6.45) is 4.51. The molecule has 2 aliphatic rings. The van der Waals surface area contributed by atoms with Crippen LogP contribution in [0.25, 0.3) is 0 Å². The molecule has 1 atom stereocenters. The molecule has 5 nitrogen and oxygen atoms in total. The fraction of sp³-hybridized carbons (Fsp3) is 0.529. The molecule has 0 bridgehead atoms. The van der Waals surface area contributed by atoms with Crippen LogP contribution in [0.15, 0.2) is 24.3 Å². The summed E-state index contributed by atoms with van der Waals surface area (Å²) in [6.45, 7) is 4.04. The zero-order valence-electron chi connectivity index (χ0n) is 13.1. The molecule has 1 aromatic rings. The van der Waals surface area contributed by atoms with Gasteiger partial charge in [-0.25, -0.2) is 0 Å². The Morgan fingerprint density at radius 2 is 1.87 bits per heavy atom. The molecule has 2 heterocycles. The summed E-state index contributed by atoms with van der Waals surface area (Å²) in [5, 5.41) is 1.75. The quantitative estimate of drug-likeness (QED) is 0.866. The van der Waals surface area contributed by atoms with Crippen molar-refractivity contribution in [1.82, 2.24) is 10.2 Å². The van der Waals surface area contributed by atoms with E-state index in [-0.39, 0.29) is 16.4 Å². The van der Waals surface area contributed by atoms with Crippen LogP contribution >= 0.6 is 11.8 Å². The van der Waals surface area contributed by atoms with Crippen molar-refractivity contribution in [1.29, 1.82) is 0 Å². The van der Waals surface area contributed by atoms with Crippen molar-refractivity contribution in [3.05, 3.63) is 29.8 Å². The molecule has 23 heavy (non-hydrogen) atoms. The number of likely N-dealkylation sites (tertiary alicyclic amines) is 1. The van der Waals surface area contributed by atoms with E-state index in [1.165, 1.54) is 32.4 Å². The number of thioether (sulfide) groups is 1. The first kappa shape index (κ1) is 16.3. The maximum Gasteiger partial charge on any atom is 0.286 e. The Morgan fingerprint density at radius 1 is 1.13 bits per heavy atom. The van der Waals surface area contributed by atoms with Crippen molar-refractivity contribution in [3.8, 4) is 5.75 Å². The van der Waals surface area contributed by atoms with Gasteiger partial charge < -0.3 is 4.74 Å². The fourth-order valence-electron chi connectivity index (χ4n) is 2.94. The Labute approximate surface area is 140 Å². The maximum atomic E-state index is 11.6. The van der Waals surface area contributed by atoms with E-state index < -0.39 is 0 Å². The lowest BCUT2D eigenvalue weighted by atomic mass is 10.1. The van der Waals surface area contributed by atoms with Gasteiger partial charge in [-0.2, -0.15) is 0 Å². The SMILES string of the molecule is O=C1NC(=O)C(Cc2ccc(OCCN3CCCCC3)cc2)S1. The second-order valence-electron chi connectivity index (χ2n) is 5.98. The molecule has 0 saturated carbocycles. The highest BCUT2D eigenvalue weighted by molar-refractivity contribution is 8.15. The van der Waals surface area contributed by atoms with E-state index >= 15 is 0 Å². The monoisotopic (exact) mass is 334 g/mol. The third-order valence-corrected chi connectivity index (χ3v) is 5.22. The Balaban J connectivity index is 1.43. The molecule has 1 unspecified atom stereocenters. The number of hydrogen-bond acceptors (Lipinski definition) is 5. The third kappa shape index (κ3) is 4.72. The number of imide groups is 1. The number of piperidine rings is 1. The second kappa shape index (κ2) is 7.84. The van der Waals surface area contributed by atoms with E-state index in [1.54, 1.807) is 0 Å². The molecule has 2 aliphatic heterocycles. The van der Waals surface area contributed by atoms with Crippen LogP contribution in [-0.2, 0) is 11.2 Å². The van der Waals surface area contributed by atoms with Crippen LogP contribution in [0.2, 0.25) is 0 Å². The van der Waals surface area contributed by atoms with Crippen molar-refractivity contribution < 1.29 is 14.3 Å². The van der Waals surface area contributed by atoms with Gasteiger partial charge in [0.2, 0.25) is 5.91 Å². The highest BCUT2D eigenvalue weighted by Crippen LogP contribution is 2.23. The Bertz CT molecular complexity index is 555. The van der Waals surface area contributed by atoms with Crippen LogP contribution in [-0.4, -0.2) is 47.5 Å². The molecule has 2 fully saturated rings. The number of rotatable bonds is 6. The number of hydrogen-bond donors (Lipinski definition) is 1. The molecule has 1 N–H and O–H groups in total. The molecule has 0 spiro atoms. The predicted molar refractivity (Wildman–Crippen MR) is 90.8 cm³/mol. The van der Waals surface area contributed by atoms with Crippen molar-refractivity contribution in [3.63, 3.8) is 0 Å². The number of carbonyl (C=O) groups is 2. The fourth-order valence-corrected chi connectivity index (χ4v) is 3.80. The number of ether oxygens (including phenoxy) is 1. The summed E-state index contributed by atoms with van der Waals surface area (Å²) < 4.78 is 5.79. The maximum absolute atomic E-state index is 11.6. The molecule has 1 aromatic carbocycles. The van der Waals surface area contributed by atoms with E-state index in [0.29, 0.717) is 13.0 Å². The highest BCUT2D eigenvalue weighted by atomic mass is 32.2. The van der Waals surface area contributed by atoms with Gasteiger partial charge in [0, 0.05) is 6.54 Å². The zero-order valence-corrected chi connectivity index (χ0v) is 13.9. The van der Waals surface area contributed by atoms with Gasteiger partial charge >= 0.3 is 0 Å². The second-order valence-corrected chi connectivity index (χ2v) is 7.16. The van der Waals surface area contributed by atoms with Gasteiger partial charge in [-0.15, -0.1) is 0 Å². The van der Waals surface area contributed by atoms with Gasteiger partial charge in [0.15, 0.2) is 0 Å². The average Bonchev–Trinajstić information content (AvgIpc) is 2.88. The molecule has 2 amide bonds. The Kier molecular flexibility index (Phi) is 5.56. The lowest BCUT2D eigenvalue weighted by Crippen LogP contribution is -2.33. The standard InChI is InChI=1S/C17H22N2O3S/c20-16-15(23-17(21)18-16)12-13-4-6-14(7-5-13)22-11-10-19-8-2-1-3-9-19/h4-7,15H,1-3,8-12H2,(H,18,20,21). The van der Waals surface area contributed by atoms with Crippen molar-refractivity contribution >= 4 is 22.9 Å². The van der Waals surface area contributed by atoms with Gasteiger partial charge in [-0.05, 0) is 50.0 Å².